The Morgan fingerprint density at radius 1 is 1.28 bits per heavy atom. The van der Waals surface area contributed by atoms with Crippen LogP contribution in [-0.4, -0.2) is 0 Å². The standard InChI is InChI=1S/C14H9ClFNO/c1-9-5-6-11(7-12(9)15)18-13-4-2-3-10(8-17)14(13)16/h2-7H,1H3. The second-order valence-corrected chi connectivity index (χ2v) is 4.15. The minimum absolute atomic E-state index is 0.00831. The molecule has 0 bridgehead atoms. The molecule has 0 radical (unpaired) electrons. The van der Waals surface area contributed by atoms with Crippen molar-refractivity contribution < 1.29 is 9.13 Å². The lowest BCUT2D eigenvalue weighted by atomic mass is 10.2. The molecule has 0 spiro atoms. The Balaban J connectivity index is 2.35. The Labute approximate surface area is 109 Å². The van der Waals surface area contributed by atoms with Gasteiger partial charge in [-0.2, -0.15) is 5.26 Å². The highest BCUT2D eigenvalue weighted by atomic mass is 35.5. The summed E-state index contributed by atoms with van der Waals surface area (Å²) < 4.78 is 19.1. The number of hydrogen-bond acceptors (Lipinski definition) is 2. The third kappa shape index (κ3) is 2.44. The minimum atomic E-state index is -0.670. The van der Waals surface area contributed by atoms with E-state index in [2.05, 4.69) is 0 Å². The van der Waals surface area contributed by atoms with Gasteiger partial charge in [0.1, 0.15) is 11.8 Å². The van der Waals surface area contributed by atoms with Crippen LogP contribution >= 0.6 is 11.6 Å². The molecular formula is C14H9ClFNO. The predicted octanol–water partition coefficient (Wildman–Crippen LogP) is 4.45. The van der Waals surface area contributed by atoms with Gasteiger partial charge in [0.2, 0.25) is 0 Å². The Hall–Kier alpha value is -2.05. The number of benzene rings is 2. The van der Waals surface area contributed by atoms with Crippen molar-refractivity contribution >= 4 is 11.6 Å². The van der Waals surface area contributed by atoms with Crippen molar-refractivity contribution in [3.8, 4) is 17.6 Å². The van der Waals surface area contributed by atoms with Crippen molar-refractivity contribution in [1.82, 2.24) is 0 Å². The van der Waals surface area contributed by atoms with Crippen LogP contribution in [0, 0.1) is 24.1 Å². The monoisotopic (exact) mass is 261 g/mol. The highest BCUT2D eigenvalue weighted by Crippen LogP contribution is 2.29. The number of hydrogen-bond donors (Lipinski definition) is 0. The quantitative estimate of drug-likeness (QED) is 0.800. The van der Waals surface area contributed by atoms with Gasteiger partial charge in [-0.3, -0.25) is 0 Å². The summed E-state index contributed by atoms with van der Waals surface area (Å²) in [6, 6.07) is 11.3. The summed E-state index contributed by atoms with van der Waals surface area (Å²) in [5, 5.41) is 9.27. The van der Waals surface area contributed by atoms with Crippen molar-refractivity contribution in [3.63, 3.8) is 0 Å². The van der Waals surface area contributed by atoms with E-state index in [9.17, 15) is 4.39 Å². The Morgan fingerprint density at radius 2 is 2.06 bits per heavy atom. The number of aryl methyl sites for hydroxylation is 1. The van der Waals surface area contributed by atoms with Gasteiger partial charge in [-0.25, -0.2) is 4.39 Å². The molecule has 0 fully saturated rings. The summed E-state index contributed by atoms with van der Waals surface area (Å²) in [6.07, 6.45) is 0. The number of rotatable bonds is 2. The highest BCUT2D eigenvalue weighted by molar-refractivity contribution is 6.31. The molecule has 2 nitrogen and oxygen atoms in total. The first-order valence-corrected chi connectivity index (χ1v) is 5.62. The predicted molar refractivity (Wildman–Crippen MR) is 67.4 cm³/mol. The first-order valence-electron chi connectivity index (χ1n) is 5.24. The molecule has 0 saturated carbocycles. The number of nitriles is 1. The zero-order valence-electron chi connectivity index (χ0n) is 9.58. The Bertz CT molecular complexity index is 634. The average Bonchev–Trinajstić information content (AvgIpc) is 2.36. The van der Waals surface area contributed by atoms with Gasteiger partial charge in [0.15, 0.2) is 11.6 Å². The zero-order chi connectivity index (χ0) is 13.1. The molecular weight excluding hydrogens is 253 g/mol. The normalized spacial score (nSPS) is 9.89. The van der Waals surface area contributed by atoms with Gasteiger partial charge in [0, 0.05) is 5.02 Å². The summed E-state index contributed by atoms with van der Waals surface area (Å²) >= 11 is 5.95. The van der Waals surface area contributed by atoms with Crippen LogP contribution in [0.2, 0.25) is 5.02 Å². The van der Waals surface area contributed by atoms with E-state index in [0.717, 1.165) is 5.56 Å². The molecule has 0 amide bonds. The summed E-state index contributed by atoms with van der Waals surface area (Å²) in [5.74, 6) is -0.231. The summed E-state index contributed by atoms with van der Waals surface area (Å²) in [4.78, 5) is 0. The molecule has 18 heavy (non-hydrogen) atoms. The van der Waals surface area contributed by atoms with E-state index in [1.807, 2.05) is 6.92 Å². The molecule has 0 aromatic heterocycles. The molecule has 2 aromatic rings. The average molecular weight is 262 g/mol. The van der Waals surface area contributed by atoms with Crippen LogP contribution in [-0.2, 0) is 0 Å². The minimum Gasteiger partial charge on any atom is -0.454 e. The van der Waals surface area contributed by atoms with Crippen LogP contribution < -0.4 is 4.74 Å². The van der Waals surface area contributed by atoms with E-state index in [0.29, 0.717) is 10.8 Å². The lowest BCUT2D eigenvalue weighted by Gasteiger charge is -2.08. The molecule has 2 rings (SSSR count). The van der Waals surface area contributed by atoms with Crippen molar-refractivity contribution in [1.29, 1.82) is 5.26 Å². The maximum atomic E-state index is 13.8. The topological polar surface area (TPSA) is 33.0 Å². The van der Waals surface area contributed by atoms with Crippen LogP contribution in [0.15, 0.2) is 36.4 Å². The highest BCUT2D eigenvalue weighted by Gasteiger charge is 2.10. The smallest absolute Gasteiger partial charge is 0.183 e. The van der Waals surface area contributed by atoms with E-state index < -0.39 is 5.82 Å². The molecule has 0 aliphatic rings. The van der Waals surface area contributed by atoms with Crippen LogP contribution in [0.1, 0.15) is 11.1 Å². The second kappa shape index (κ2) is 5.07. The van der Waals surface area contributed by atoms with E-state index in [-0.39, 0.29) is 11.3 Å². The molecule has 0 aliphatic heterocycles. The second-order valence-electron chi connectivity index (χ2n) is 3.74. The summed E-state index contributed by atoms with van der Waals surface area (Å²) in [7, 11) is 0. The van der Waals surface area contributed by atoms with Gasteiger partial charge in [0.25, 0.3) is 0 Å². The number of halogens is 2. The zero-order valence-corrected chi connectivity index (χ0v) is 10.3. The first kappa shape index (κ1) is 12.4. The van der Waals surface area contributed by atoms with Crippen molar-refractivity contribution in [2.45, 2.75) is 6.92 Å². The third-order valence-electron chi connectivity index (χ3n) is 2.45. The molecule has 2 aromatic carbocycles. The molecule has 0 aliphatic carbocycles. The molecule has 0 unspecified atom stereocenters. The van der Waals surface area contributed by atoms with Gasteiger partial charge in [0.05, 0.1) is 5.56 Å². The number of nitrogens with zero attached hydrogens (tertiary/aromatic N) is 1. The fourth-order valence-corrected chi connectivity index (χ4v) is 1.61. The van der Waals surface area contributed by atoms with Crippen molar-refractivity contribution in [2.75, 3.05) is 0 Å². The molecule has 90 valence electrons. The van der Waals surface area contributed by atoms with Gasteiger partial charge in [-0.1, -0.05) is 23.7 Å². The van der Waals surface area contributed by atoms with Gasteiger partial charge in [-0.15, -0.1) is 0 Å². The maximum absolute atomic E-state index is 13.8. The molecule has 0 saturated heterocycles. The van der Waals surface area contributed by atoms with E-state index in [4.69, 9.17) is 21.6 Å². The lowest BCUT2D eigenvalue weighted by Crippen LogP contribution is -1.91. The van der Waals surface area contributed by atoms with E-state index in [1.54, 1.807) is 30.3 Å². The molecule has 0 atom stereocenters. The fraction of sp³-hybridized carbons (Fsp3) is 0.0714. The molecule has 0 heterocycles. The van der Waals surface area contributed by atoms with Crippen molar-refractivity contribution in [3.05, 3.63) is 58.4 Å². The van der Waals surface area contributed by atoms with E-state index in [1.165, 1.54) is 12.1 Å². The lowest BCUT2D eigenvalue weighted by molar-refractivity contribution is 0.441. The number of ether oxygens (including phenoxy) is 1. The van der Waals surface area contributed by atoms with Crippen LogP contribution in [0.25, 0.3) is 0 Å². The van der Waals surface area contributed by atoms with Crippen LogP contribution in [0.5, 0.6) is 11.5 Å². The van der Waals surface area contributed by atoms with Crippen LogP contribution in [0.4, 0.5) is 4.39 Å². The van der Waals surface area contributed by atoms with Gasteiger partial charge in [-0.05, 0) is 36.8 Å². The van der Waals surface area contributed by atoms with Gasteiger partial charge >= 0.3 is 0 Å². The Kier molecular flexibility index (Phi) is 3.50. The Morgan fingerprint density at radius 3 is 2.72 bits per heavy atom. The SMILES string of the molecule is Cc1ccc(Oc2cccc(C#N)c2F)cc1Cl. The summed E-state index contributed by atoms with van der Waals surface area (Å²) in [6.45, 7) is 1.86. The van der Waals surface area contributed by atoms with Gasteiger partial charge < -0.3 is 4.74 Å². The first-order chi connectivity index (χ1) is 8.61. The summed E-state index contributed by atoms with van der Waals surface area (Å²) in [5.41, 5.74) is 0.862. The largest absolute Gasteiger partial charge is 0.454 e. The van der Waals surface area contributed by atoms with E-state index >= 15 is 0 Å². The molecule has 0 N–H and O–H groups in total. The maximum Gasteiger partial charge on any atom is 0.183 e. The van der Waals surface area contributed by atoms with Crippen LogP contribution in [0.3, 0.4) is 0 Å². The fourth-order valence-electron chi connectivity index (χ4n) is 1.44. The molecule has 4 heteroatoms. The third-order valence-corrected chi connectivity index (χ3v) is 2.86. The van der Waals surface area contributed by atoms with Crippen molar-refractivity contribution in [2.24, 2.45) is 0 Å².